The Bertz CT molecular complexity index is 1150. The van der Waals surface area contributed by atoms with Gasteiger partial charge >= 0.3 is 0 Å². The van der Waals surface area contributed by atoms with Gasteiger partial charge in [-0.25, -0.2) is 9.37 Å². The molecule has 0 saturated carbocycles. The van der Waals surface area contributed by atoms with E-state index in [2.05, 4.69) is 16.4 Å². The molecule has 0 atom stereocenters. The topological polar surface area (TPSA) is 55.1 Å². The fourth-order valence-corrected chi connectivity index (χ4v) is 3.03. The third-order valence-electron chi connectivity index (χ3n) is 4.30. The molecule has 0 unspecified atom stereocenters. The van der Waals surface area contributed by atoms with Crippen molar-refractivity contribution in [1.82, 2.24) is 4.98 Å². The minimum absolute atomic E-state index is 0.267. The van der Waals surface area contributed by atoms with Crippen molar-refractivity contribution in [3.8, 4) is 11.5 Å². The monoisotopic (exact) mass is 360 g/mol. The molecule has 5 heteroatoms. The number of carbonyl (C=O) groups is 1. The minimum Gasteiger partial charge on any atom is -0.436 e. The number of anilines is 1. The van der Waals surface area contributed by atoms with Crippen molar-refractivity contribution in [2.24, 2.45) is 0 Å². The zero-order chi connectivity index (χ0) is 19.0. The first-order chi connectivity index (χ1) is 13.0. The SMILES string of the molecule is Cc1cc(C)c2oc(-c3ccc(NC(=O)c4cccc(F)c4)cc3)nc2c1. The van der Waals surface area contributed by atoms with Crippen LogP contribution < -0.4 is 5.32 Å². The summed E-state index contributed by atoms with van der Waals surface area (Å²) in [5, 5.41) is 2.75. The number of oxazole rings is 1. The molecule has 1 N–H and O–H groups in total. The summed E-state index contributed by atoms with van der Waals surface area (Å²) in [5.41, 5.74) is 5.47. The maximum Gasteiger partial charge on any atom is 0.255 e. The van der Waals surface area contributed by atoms with E-state index in [0.717, 1.165) is 27.8 Å². The van der Waals surface area contributed by atoms with Gasteiger partial charge in [-0.2, -0.15) is 0 Å². The van der Waals surface area contributed by atoms with Crippen LogP contribution in [0, 0.1) is 19.7 Å². The molecule has 0 aliphatic heterocycles. The lowest BCUT2D eigenvalue weighted by atomic mass is 10.1. The predicted molar refractivity (Wildman–Crippen MR) is 103 cm³/mol. The van der Waals surface area contributed by atoms with Crippen LogP contribution in [0.2, 0.25) is 0 Å². The average molecular weight is 360 g/mol. The standard InChI is InChI=1S/C22H17FN2O2/c1-13-10-14(2)20-19(11-13)25-22(27-20)15-6-8-18(9-7-15)24-21(26)16-4-3-5-17(23)12-16/h3-12H,1-2H3,(H,24,26). The molecule has 0 aliphatic rings. The van der Waals surface area contributed by atoms with Gasteiger partial charge in [-0.05, 0) is 73.5 Å². The van der Waals surface area contributed by atoms with Crippen molar-refractivity contribution in [3.05, 3.63) is 83.2 Å². The largest absolute Gasteiger partial charge is 0.436 e. The third kappa shape index (κ3) is 3.44. The zero-order valence-electron chi connectivity index (χ0n) is 14.9. The van der Waals surface area contributed by atoms with Gasteiger partial charge in [0.2, 0.25) is 5.89 Å². The van der Waals surface area contributed by atoms with Gasteiger partial charge in [0.05, 0.1) is 0 Å². The molecule has 0 aliphatic carbocycles. The predicted octanol–water partition coefficient (Wildman–Crippen LogP) is 5.50. The summed E-state index contributed by atoms with van der Waals surface area (Å²) in [6.45, 7) is 4.02. The highest BCUT2D eigenvalue weighted by Crippen LogP contribution is 2.28. The van der Waals surface area contributed by atoms with E-state index in [9.17, 15) is 9.18 Å². The van der Waals surface area contributed by atoms with Crippen LogP contribution in [0.5, 0.6) is 0 Å². The van der Waals surface area contributed by atoms with Crippen LogP contribution in [-0.4, -0.2) is 10.9 Å². The quantitative estimate of drug-likeness (QED) is 0.525. The van der Waals surface area contributed by atoms with Crippen molar-refractivity contribution in [2.45, 2.75) is 13.8 Å². The number of hydrogen-bond acceptors (Lipinski definition) is 3. The van der Waals surface area contributed by atoms with Crippen LogP contribution in [-0.2, 0) is 0 Å². The van der Waals surface area contributed by atoms with Crippen molar-refractivity contribution in [1.29, 1.82) is 0 Å². The molecule has 0 fully saturated rings. The number of aromatic nitrogens is 1. The van der Waals surface area contributed by atoms with Gasteiger partial charge < -0.3 is 9.73 Å². The summed E-state index contributed by atoms with van der Waals surface area (Å²) in [5.74, 6) is -0.281. The second kappa shape index (κ2) is 6.68. The first-order valence-electron chi connectivity index (χ1n) is 8.55. The normalized spacial score (nSPS) is 10.9. The number of halogens is 1. The second-order valence-corrected chi connectivity index (χ2v) is 6.49. The molecule has 134 valence electrons. The van der Waals surface area contributed by atoms with Gasteiger partial charge in [0.1, 0.15) is 11.3 Å². The number of nitrogens with one attached hydrogen (secondary N) is 1. The number of aryl methyl sites for hydroxylation is 2. The summed E-state index contributed by atoms with van der Waals surface area (Å²) < 4.78 is 19.2. The fourth-order valence-electron chi connectivity index (χ4n) is 3.03. The molecule has 4 rings (SSSR count). The third-order valence-corrected chi connectivity index (χ3v) is 4.30. The molecule has 1 heterocycles. The molecule has 0 saturated heterocycles. The molecule has 0 spiro atoms. The molecule has 27 heavy (non-hydrogen) atoms. The Balaban J connectivity index is 1.57. The lowest BCUT2D eigenvalue weighted by Gasteiger charge is -2.06. The summed E-state index contributed by atoms with van der Waals surface area (Å²) >= 11 is 0. The van der Waals surface area contributed by atoms with Crippen molar-refractivity contribution in [3.63, 3.8) is 0 Å². The van der Waals surface area contributed by atoms with Crippen LogP contribution in [0.15, 0.2) is 65.1 Å². The number of benzene rings is 3. The van der Waals surface area contributed by atoms with E-state index in [1.54, 1.807) is 18.2 Å². The Hall–Kier alpha value is -3.47. The van der Waals surface area contributed by atoms with Gasteiger partial charge in [0, 0.05) is 16.8 Å². The number of nitrogens with zero attached hydrogens (tertiary/aromatic N) is 1. The summed E-state index contributed by atoms with van der Waals surface area (Å²) in [7, 11) is 0. The molecule has 4 nitrogen and oxygen atoms in total. The second-order valence-electron chi connectivity index (χ2n) is 6.49. The maximum absolute atomic E-state index is 13.3. The summed E-state index contributed by atoms with van der Waals surface area (Å²) in [6.07, 6.45) is 0. The highest BCUT2D eigenvalue weighted by Gasteiger charge is 2.12. The average Bonchev–Trinajstić information content (AvgIpc) is 3.06. The Morgan fingerprint density at radius 1 is 1.04 bits per heavy atom. The Kier molecular flexibility index (Phi) is 4.20. The number of carbonyl (C=O) groups excluding carboxylic acids is 1. The summed E-state index contributed by atoms with van der Waals surface area (Å²) in [4.78, 5) is 16.8. The Labute approximate surface area is 155 Å². The van der Waals surface area contributed by atoms with Crippen LogP contribution in [0.3, 0.4) is 0 Å². The lowest BCUT2D eigenvalue weighted by Crippen LogP contribution is -2.11. The van der Waals surface area contributed by atoms with Gasteiger partial charge in [0.15, 0.2) is 5.58 Å². The van der Waals surface area contributed by atoms with E-state index in [-0.39, 0.29) is 11.5 Å². The molecule has 0 bridgehead atoms. The van der Waals surface area contributed by atoms with Gasteiger partial charge in [-0.15, -0.1) is 0 Å². The first-order valence-corrected chi connectivity index (χ1v) is 8.55. The zero-order valence-corrected chi connectivity index (χ0v) is 14.9. The van der Waals surface area contributed by atoms with E-state index in [4.69, 9.17) is 4.42 Å². The maximum atomic E-state index is 13.3. The van der Waals surface area contributed by atoms with Crippen LogP contribution >= 0.6 is 0 Å². The van der Waals surface area contributed by atoms with Crippen LogP contribution in [0.1, 0.15) is 21.5 Å². The Morgan fingerprint density at radius 2 is 1.81 bits per heavy atom. The van der Waals surface area contributed by atoms with Crippen molar-refractivity contribution in [2.75, 3.05) is 5.32 Å². The highest BCUT2D eigenvalue weighted by atomic mass is 19.1. The van der Waals surface area contributed by atoms with Gasteiger partial charge in [-0.3, -0.25) is 4.79 Å². The van der Waals surface area contributed by atoms with Crippen molar-refractivity contribution >= 4 is 22.7 Å². The smallest absolute Gasteiger partial charge is 0.255 e. The number of rotatable bonds is 3. The van der Waals surface area contributed by atoms with Gasteiger partial charge in [-0.1, -0.05) is 12.1 Å². The number of hydrogen-bond donors (Lipinski definition) is 1. The molecule has 4 aromatic rings. The lowest BCUT2D eigenvalue weighted by molar-refractivity contribution is 0.102. The minimum atomic E-state index is -0.445. The van der Waals surface area contributed by atoms with E-state index < -0.39 is 5.82 Å². The van der Waals surface area contributed by atoms with E-state index in [1.807, 2.05) is 32.0 Å². The molecular formula is C22H17FN2O2. The Morgan fingerprint density at radius 3 is 2.56 bits per heavy atom. The summed E-state index contributed by atoms with van der Waals surface area (Å²) in [6, 6.07) is 16.8. The first kappa shape index (κ1) is 17.0. The van der Waals surface area contributed by atoms with E-state index >= 15 is 0 Å². The molecule has 1 aromatic heterocycles. The number of amides is 1. The molecule has 3 aromatic carbocycles. The van der Waals surface area contributed by atoms with Crippen LogP contribution in [0.4, 0.5) is 10.1 Å². The number of fused-ring (bicyclic) bond motifs is 1. The van der Waals surface area contributed by atoms with E-state index in [0.29, 0.717) is 11.6 Å². The molecule has 0 radical (unpaired) electrons. The van der Waals surface area contributed by atoms with Gasteiger partial charge in [0.25, 0.3) is 5.91 Å². The van der Waals surface area contributed by atoms with Crippen LogP contribution in [0.25, 0.3) is 22.6 Å². The van der Waals surface area contributed by atoms with E-state index in [1.165, 1.54) is 18.2 Å². The molecular weight excluding hydrogens is 343 g/mol. The fraction of sp³-hybridized carbons (Fsp3) is 0.0909. The highest BCUT2D eigenvalue weighted by molar-refractivity contribution is 6.04. The van der Waals surface area contributed by atoms with Crippen molar-refractivity contribution < 1.29 is 13.6 Å². The molecule has 1 amide bonds.